The standard InChI is InChI=1S/C25H21ClO6/c1-29-22-14-16(15-23(30-2)24(22)31-3)4-13-21(27)17-7-11-20(12-8-17)32-25(28)18-5-9-19(26)10-6-18/h4-15H,1-3H3. The van der Waals surface area contributed by atoms with Gasteiger partial charge in [0.15, 0.2) is 17.3 Å². The zero-order valence-corrected chi connectivity index (χ0v) is 18.5. The van der Waals surface area contributed by atoms with Crippen molar-refractivity contribution < 1.29 is 28.5 Å². The molecule has 0 aliphatic heterocycles. The van der Waals surface area contributed by atoms with Crippen LogP contribution in [0, 0.1) is 0 Å². The molecule has 3 rings (SSSR count). The number of methoxy groups -OCH3 is 3. The zero-order valence-electron chi connectivity index (χ0n) is 17.8. The highest BCUT2D eigenvalue weighted by atomic mass is 35.5. The number of rotatable bonds is 8. The monoisotopic (exact) mass is 452 g/mol. The number of benzene rings is 3. The van der Waals surface area contributed by atoms with Crippen molar-refractivity contribution in [3.8, 4) is 23.0 Å². The molecule has 6 nitrogen and oxygen atoms in total. The first-order valence-corrected chi connectivity index (χ1v) is 9.93. The Morgan fingerprint density at radius 2 is 1.34 bits per heavy atom. The van der Waals surface area contributed by atoms with Gasteiger partial charge in [0, 0.05) is 10.6 Å². The number of ether oxygens (including phenoxy) is 4. The smallest absolute Gasteiger partial charge is 0.343 e. The molecule has 0 aromatic heterocycles. The summed E-state index contributed by atoms with van der Waals surface area (Å²) in [6, 6.07) is 16.2. The maximum atomic E-state index is 12.5. The number of allylic oxidation sites excluding steroid dienone is 1. The summed E-state index contributed by atoms with van der Waals surface area (Å²) in [7, 11) is 4.57. The van der Waals surface area contributed by atoms with Crippen LogP contribution in [0.25, 0.3) is 6.08 Å². The summed E-state index contributed by atoms with van der Waals surface area (Å²) >= 11 is 5.82. The number of esters is 1. The molecule has 0 saturated carbocycles. The van der Waals surface area contributed by atoms with E-state index in [-0.39, 0.29) is 5.78 Å². The average molecular weight is 453 g/mol. The van der Waals surface area contributed by atoms with E-state index in [4.69, 9.17) is 30.5 Å². The molecule has 0 spiro atoms. The molecular formula is C25H21ClO6. The van der Waals surface area contributed by atoms with E-state index in [0.717, 1.165) is 0 Å². The minimum absolute atomic E-state index is 0.214. The molecule has 0 aliphatic rings. The second-order valence-electron chi connectivity index (χ2n) is 6.58. The van der Waals surface area contributed by atoms with Crippen molar-refractivity contribution in [3.05, 3.63) is 88.5 Å². The lowest BCUT2D eigenvalue weighted by molar-refractivity contribution is 0.0734. The second-order valence-corrected chi connectivity index (χ2v) is 7.01. The van der Waals surface area contributed by atoms with E-state index < -0.39 is 5.97 Å². The van der Waals surface area contributed by atoms with Gasteiger partial charge < -0.3 is 18.9 Å². The van der Waals surface area contributed by atoms with Crippen LogP contribution < -0.4 is 18.9 Å². The van der Waals surface area contributed by atoms with Gasteiger partial charge in [-0.25, -0.2) is 4.79 Å². The highest BCUT2D eigenvalue weighted by Gasteiger charge is 2.13. The van der Waals surface area contributed by atoms with Crippen molar-refractivity contribution in [1.82, 2.24) is 0 Å². The Labute approximate surface area is 190 Å². The van der Waals surface area contributed by atoms with E-state index in [1.165, 1.54) is 27.4 Å². The Morgan fingerprint density at radius 1 is 0.781 bits per heavy atom. The van der Waals surface area contributed by atoms with Crippen molar-refractivity contribution in [2.75, 3.05) is 21.3 Å². The minimum Gasteiger partial charge on any atom is -0.493 e. The van der Waals surface area contributed by atoms with Crippen molar-refractivity contribution in [2.24, 2.45) is 0 Å². The Bertz CT molecular complexity index is 1110. The number of carbonyl (C=O) groups excluding carboxylic acids is 2. The van der Waals surface area contributed by atoms with Gasteiger partial charge in [0.25, 0.3) is 0 Å². The molecule has 0 saturated heterocycles. The quantitative estimate of drug-likeness (QED) is 0.195. The van der Waals surface area contributed by atoms with Crippen LogP contribution in [-0.4, -0.2) is 33.1 Å². The van der Waals surface area contributed by atoms with Gasteiger partial charge in [-0.05, 0) is 72.3 Å². The Kier molecular flexibility index (Phi) is 7.52. The maximum absolute atomic E-state index is 12.5. The van der Waals surface area contributed by atoms with Gasteiger partial charge in [-0.2, -0.15) is 0 Å². The first-order chi connectivity index (χ1) is 15.4. The van der Waals surface area contributed by atoms with E-state index in [1.807, 2.05) is 0 Å². The normalized spacial score (nSPS) is 10.6. The SMILES string of the molecule is COc1cc(C=CC(=O)c2ccc(OC(=O)c3ccc(Cl)cc3)cc2)cc(OC)c1OC. The van der Waals surface area contributed by atoms with Crippen molar-refractivity contribution in [1.29, 1.82) is 0 Å². The summed E-state index contributed by atoms with van der Waals surface area (Å²) in [5.74, 6) is 1.06. The fraction of sp³-hybridized carbons (Fsp3) is 0.120. The third-order valence-electron chi connectivity index (χ3n) is 4.54. The Hall–Kier alpha value is -3.77. The highest BCUT2D eigenvalue weighted by Crippen LogP contribution is 2.38. The van der Waals surface area contributed by atoms with Crippen molar-refractivity contribution in [3.63, 3.8) is 0 Å². The van der Waals surface area contributed by atoms with Gasteiger partial charge in [0.1, 0.15) is 5.75 Å². The van der Waals surface area contributed by atoms with Crippen LogP contribution in [0.4, 0.5) is 0 Å². The molecule has 0 bridgehead atoms. The maximum Gasteiger partial charge on any atom is 0.343 e. The largest absolute Gasteiger partial charge is 0.493 e. The summed E-state index contributed by atoms with van der Waals surface area (Å²) in [4.78, 5) is 24.7. The van der Waals surface area contributed by atoms with Crippen LogP contribution in [0.3, 0.4) is 0 Å². The van der Waals surface area contributed by atoms with Crippen LogP contribution in [-0.2, 0) is 0 Å². The fourth-order valence-corrected chi connectivity index (χ4v) is 3.03. The summed E-state index contributed by atoms with van der Waals surface area (Å²) < 4.78 is 21.3. The molecule has 164 valence electrons. The van der Waals surface area contributed by atoms with Crippen LogP contribution >= 0.6 is 11.6 Å². The van der Waals surface area contributed by atoms with Crippen LogP contribution in [0.2, 0.25) is 5.02 Å². The molecule has 0 aliphatic carbocycles. The lowest BCUT2D eigenvalue weighted by atomic mass is 10.1. The third-order valence-corrected chi connectivity index (χ3v) is 4.80. The van der Waals surface area contributed by atoms with Gasteiger partial charge in [-0.1, -0.05) is 17.7 Å². The average Bonchev–Trinajstić information content (AvgIpc) is 2.82. The number of carbonyl (C=O) groups is 2. The molecule has 32 heavy (non-hydrogen) atoms. The predicted octanol–water partition coefficient (Wildman–Crippen LogP) is 5.48. The minimum atomic E-state index is -0.511. The van der Waals surface area contributed by atoms with E-state index in [9.17, 15) is 9.59 Å². The predicted molar refractivity (Wildman–Crippen MR) is 122 cm³/mol. The fourth-order valence-electron chi connectivity index (χ4n) is 2.90. The summed E-state index contributed by atoms with van der Waals surface area (Å²) in [6.07, 6.45) is 3.09. The summed E-state index contributed by atoms with van der Waals surface area (Å²) in [6.45, 7) is 0. The Morgan fingerprint density at radius 3 is 1.88 bits per heavy atom. The molecule has 3 aromatic carbocycles. The molecule has 0 heterocycles. The first kappa shape index (κ1) is 22.9. The highest BCUT2D eigenvalue weighted by molar-refractivity contribution is 6.30. The third kappa shape index (κ3) is 5.47. The molecule has 0 amide bonds. The van der Waals surface area contributed by atoms with Crippen LogP contribution in [0.15, 0.2) is 66.7 Å². The van der Waals surface area contributed by atoms with Gasteiger partial charge >= 0.3 is 5.97 Å². The topological polar surface area (TPSA) is 71.1 Å². The van der Waals surface area contributed by atoms with Crippen LogP contribution in [0.5, 0.6) is 23.0 Å². The zero-order chi connectivity index (χ0) is 23.1. The Balaban J connectivity index is 1.70. The molecule has 0 atom stereocenters. The lowest BCUT2D eigenvalue weighted by Crippen LogP contribution is -2.08. The van der Waals surface area contributed by atoms with Gasteiger partial charge in [0.2, 0.25) is 5.75 Å². The summed E-state index contributed by atoms with van der Waals surface area (Å²) in [5.41, 5.74) is 1.53. The molecular weight excluding hydrogens is 432 g/mol. The number of halogens is 1. The molecule has 0 unspecified atom stereocenters. The van der Waals surface area contributed by atoms with E-state index in [2.05, 4.69) is 0 Å². The summed E-state index contributed by atoms with van der Waals surface area (Å²) in [5, 5.41) is 0.531. The lowest BCUT2D eigenvalue weighted by Gasteiger charge is -2.12. The number of hydrogen-bond donors (Lipinski definition) is 0. The van der Waals surface area contributed by atoms with E-state index >= 15 is 0 Å². The second kappa shape index (κ2) is 10.5. The van der Waals surface area contributed by atoms with Gasteiger partial charge in [-0.15, -0.1) is 0 Å². The van der Waals surface area contributed by atoms with Gasteiger partial charge in [0.05, 0.1) is 26.9 Å². The number of ketones is 1. The van der Waals surface area contributed by atoms with E-state index in [0.29, 0.717) is 44.7 Å². The van der Waals surface area contributed by atoms with Crippen molar-refractivity contribution >= 4 is 29.4 Å². The molecule has 0 radical (unpaired) electrons. The molecule has 0 fully saturated rings. The van der Waals surface area contributed by atoms with Crippen molar-refractivity contribution in [2.45, 2.75) is 0 Å². The van der Waals surface area contributed by atoms with E-state index in [1.54, 1.807) is 66.7 Å². The van der Waals surface area contributed by atoms with Crippen LogP contribution in [0.1, 0.15) is 26.3 Å². The van der Waals surface area contributed by atoms with Gasteiger partial charge in [-0.3, -0.25) is 4.79 Å². The molecule has 3 aromatic rings. The molecule has 0 N–H and O–H groups in total. The first-order valence-electron chi connectivity index (χ1n) is 9.55. The molecule has 7 heteroatoms. The number of hydrogen-bond acceptors (Lipinski definition) is 6.